The van der Waals surface area contributed by atoms with Crippen LogP contribution in [-0.4, -0.2) is 74.2 Å². The van der Waals surface area contributed by atoms with E-state index in [0.29, 0.717) is 13.2 Å². The van der Waals surface area contributed by atoms with E-state index in [2.05, 4.69) is 32.6 Å². The number of ether oxygens (including phenoxy) is 2. The number of carbonyl (C=O) groups is 2. The van der Waals surface area contributed by atoms with E-state index in [0.717, 1.165) is 64.7 Å². The Morgan fingerprint density at radius 3 is 0.714 bits per heavy atom. The second kappa shape index (κ2) is 46.5. The number of nitrogens with zero attached hydrogens (tertiary/aromatic N) is 2. The van der Waals surface area contributed by atoms with Gasteiger partial charge < -0.3 is 19.3 Å². The first-order valence-electron chi connectivity index (χ1n) is 25.3. The lowest BCUT2D eigenvalue weighted by Gasteiger charge is -2.23. The van der Waals surface area contributed by atoms with E-state index in [-0.39, 0.29) is 25.0 Å². The Balaban J connectivity index is 4.29. The van der Waals surface area contributed by atoms with Crippen LogP contribution in [0.4, 0.5) is 0 Å². The zero-order chi connectivity index (χ0) is 40.8. The van der Waals surface area contributed by atoms with E-state index in [9.17, 15) is 9.59 Å². The first-order chi connectivity index (χ1) is 27.6. The number of carbonyl (C=O) groups excluding carboxylic acids is 2. The second-order valence-electron chi connectivity index (χ2n) is 17.2. The standard InChI is InChI=1S/C50H100N2O4/c1-5-9-13-15-17-19-21-23-25-27-29-31-33-35-37-39-43-52(44-40-38-36-34-32-30-28-26-24-22-20-18-16-14-10-6-2)50(54)48-56-46-45-55-47-49(53)51(41-11-7-3)42-12-8-4/h5-48H2,1-4H3. The fraction of sp³-hybridized carbons (Fsp3) is 0.960. The van der Waals surface area contributed by atoms with Gasteiger partial charge in [-0.05, 0) is 25.7 Å². The van der Waals surface area contributed by atoms with E-state index >= 15 is 0 Å². The van der Waals surface area contributed by atoms with Gasteiger partial charge in [-0.3, -0.25) is 9.59 Å². The summed E-state index contributed by atoms with van der Waals surface area (Å²) in [6, 6.07) is 0. The molecule has 0 unspecified atom stereocenters. The molecule has 0 aromatic carbocycles. The van der Waals surface area contributed by atoms with E-state index in [1.807, 2.05) is 4.90 Å². The summed E-state index contributed by atoms with van der Waals surface area (Å²) < 4.78 is 11.4. The Bertz CT molecular complexity index is 749. The second-order valence-corrected chi connectivity index (χ2v) is 17.2. The van der Waals surface area contributed by atoms with Gasteiger partial charge >= 0.3 is 0 Å². The number of amides is 2. The van der Waals surface area contributed by atoms with Gasteiger partial charge in [0.25, 0.3) is 0 Å². The topological polar surface area (TPSA) is 59.1 Å². The highest BCUT2D eigenvalue weighted by molar-refractivity contribution is 5.77. The van der Waals surface area contributed by atoms with Crippen LogP contribution in [0.15, 0.2) is 0 Å². The van der Waals surface area contributed by atoms with Gasteiger partial charge in [0, 0.05) is 26.2 Å². The summed E-state index contributed by atoms with van der Waals surface area (Å²) in [4.78, 5) is 29.9. The van der Waals surface area contributed by atoms with Gasteiger partial charge in [0.2, 0.25) is 11.8 Å². The van der Waals surface area contributed by atoms with Crippen molar-refractivity contribution < 1.29 is 19.1 Å². The van der Waals surface area contributed by atoms with Crippen LogP contribution in [0.5, 0.6) is 0 Å². The monoisotopic (exact) mass is 793 g/mol. The molecule has 6 nitrogen and oxygen atoms in total. The van der Waals surface area contributed by atoms with Gasteiger partial charge in [0.1, 0.15) is 13.2 Å². The molecule has 0 aliphatic carbocycles. The van der Waals surface area contributed by atoms with Crippen LogP contribution in [0.25, 0.3) is 0 Å². The van der Waals surface area contributed by atoms with E-state index in [4.69, 9.17) is 9.47 Å². The summed E-state index contributed by atoms with van der Waals surface area (Å²) in [6.07, 6.45) is 47.7. The number of hydrogen-bond donors (Lipinski definition) is 0. The fourth-order valence-corrected chi connectivity index (χ4v) is 7.74. The quantitative estimate of drug-likeness (QED) is 0.0576. The maximum Gasteiger partial charge on any atom is 0.248 e. The summed E-state index contributed by atoms with van der Waals surface area (Å²) in [7, 11) is 0. The highest BCUT2D eigenvalue weighted by atomic mass is 16.5. The first kappa shape index (κ1) is 54.9. The van der Waals surface area contributed by atoms with Crippen LogP contribution in [0.2, 0.25) is 0 Å². The minimum absolute atomic E-state index is 0.0618. The Morgan fingerprint density at radius 1 is 0.286 bits per heavy atom. The molecule has 0 radical (unpaired) electrons. The molecule has 6 heteroatoms. The zero-order valence-electron chi connectivity index (χ0n) is 38.6. The van der Waals surface area contributed by atoms with Crippen molar-refractivity contribution in [3.63, 3.8) is 0 Å². The molecule has 0 N–H and O–H groups in total. The average molecular weight is 793 g/mol. The van der Waals surface area contributed by atoms with Crippen molar-refractivity contribution in [3.8, 4) is 0 Å². The average Bonchev–Trinajstić information content (AvgIpc) is 3.20. The minimum Gasteiger partial charge on any atom is -0.369 e. The van der Waals surface area contributed by atoms with Crippen LogP contribution >= 0.6 is 0 Å². The normalized spacial score (nSPS) is 11.4. The van der Waals surface area contributed by atoms with Crippen molar-refractivity contribution in [3.05, 3.63) is 0 Å². The highest BCUT2D eigenvalue weighted by Crippen LogP contribution is 2.16. The molecule has 0 saturated heterocycles. The SMILES string of the molecule is CCCCCCCCCCCCCCCCCCN(CCCCCCCCCCCCCCCCCC)C(=O)COCCOCC(=O)N(CCCC)CCCC. The molecule has 0 aromatic heterocycles. The third kappa shape index (κ3) is 39.7. The molecule has 334 valence electrons. The van der Waals surface area contributed by atoms with Crippen molar-refractivity contribution >= 4 is 11.8 Å². The molecule has 56 heavy (non-hydrogen) atoms. The molecule has 0 rings (SSSR count). The Morgan fingerprint density at radius 2 is 0.482 bits per heavy atom. The lowest BCUT2D eigenvalue weighted by molar-refractivity contribution is -0.140. The zero-order valence-corrected chi connectivity index (χ0v) is 38.6. The van der Waals surface area contributed by atoms with E-state index < -0.39 is 0 Å². The molecule has 0 heterocycles. The molecule has 0 spiro atoms. The smallest absolute Gasteiger partial charge is 0.248 e. The van der Waals surface area contributed by atoms with Gasteiger partial charge in [-0.25, -0.2) is 0 Å². The number of rotatable bonds is 47. The van der Waals surface area contributed by atoms with Gasteiger partial charge in [-0.1, -0.05) is 233 Å². The van der Waals surface area contributed by atoms with Gasteiger partial charge in [-0.15, -0.1) is 0 Å². The van der Waals surface area contributed by atoms with Crippen LogP contribution in [0, 0.1) is 0 Å². The van der Waals surface area contributed by atoms with Crippen molar-refractivity contribution in [1.82, 2.24) is 9.80 Å². The maximum absolute atomic E-state index is 13.3. The highest BCUT2D eigenvalue weighted by Gasteiger charge is 2.15. The van der Waals surface area contributed by atoms with E-state index in [1.54, 1.807) is 0 Å². The predicted molar refractivity (Wildman–Crippen MR) is 244 cm³/mol. The molecule has 0 bridgehead atoms. The molecule has 0 aliphatic heterocycles. The van der Waals surface area contributed by atoms with Gasteiger partial charge in [0.15, 0.2) is 0 Å². The fourth-order valence-electron chi connectivity index (χ4n) is 7.74. The molecular weight excluding hydrogens is 693 g/mol. The molecule has 0 fully saturated rings. The predicted octanol–water partition coefficient (Wildman–Crippen LogP) is 14.8. The first-order valence-corrected chi connectivity index (χ1v) is 25.3. The van der Waals surface area contributed by atoms with Gasteiger partial charge in [-0.2, -0.15) is 0 Å². The molecule has 2 amide bonds. The van der Waals surface area contributed by atoms with Crippen molar-refractivity contribution in [2.45, 2.75) is 259 Å². The Hall–Kier alpha value is -1.14. The molecular formula is C50H100N2O4. The Labute approximate surface area is 351 Å². The summed E-state index contributed by atoms with van der Waals surface area (Å²) in [6.45, 7) is 13.1. The number of unbranched alkanes of at least 4 members (excludes halogenated alkanes) is 32. The molecule has 0 atom stereocenters. The van der Waals surface area contributed by atoms with Crippen LogP contribution in [0.1, 0.15) is 259 Å². The Kier molecular flexibility index (Phi) is 45.6. The van der Waals surface area contributed by atoms with Crippen molar-refractivity contribution in [1.29, 1.82) is 0 Å². The summed E-state index contributed by atoms with van der Waals surface area (Å²) in [5.74, 6) is 0.167. The van der Waals surface area contributed by atoms with Crippen molar-refractivity contribution in [2.24, 2.45) is 0 Å². The molecule has 0 aromatic rings. The largest absolute Gasteiger partial charge is 0.369 e. The molecule has 0 saturated carbocycles. The lowest BCUT2D eigenvalue weighted by atomic mass is 10.0. The number of hydrogen-bond acceptors (Lipinski definition) is 4. The lowest BCUT2D eigenvalue weighted by Crippen LogP contribution is -2.36. The minimum atomic E-state index is 0.0618. The van der Waals surface area contributed by atoms with Crippen molar-refractivity contribution in [2.75, 3.05) is 52.6 Å². The molecule has 0 aliphatic rings. The van der Waals surface area contributed by atoms with Gasteiger partial charge in [0.05, 0.1) is 13.2 Å². The summed E-state index contributed by atoms with van der Waals surface area (Å²) in [5.41, 5.74) is 0. The maximum atomic E-state index is 13.3. The van der Waals surface area contributed by atoms with Crippen LogP contribution in [-0.2, 0) is 19.1 Å². The summed E-state index contributed by atoms with van der Waals surface area (Å²) >= 11 is 0. The third-order valence-corrected chi connectivity index (χ3v) is 11.7. The summed E-state index contributed by atoms with van der Waals surface area (Å²) in [5, 5.41) is 0. The van der Waals surface area contributed by atoms with Crippen LogP contribution < -0.4 is 0 Å². The van der Waals surface area contributed by atoms with E-state index in [1.165, 1.54) is 193 Å². The third-order valence-electron chi connectivity index (χ3n) is 11.7. The van der Waals surface area contributed by atoms with Crippen LogP contribution in [0.3, 0.4) is 0 Å².